The highest BCUT2D eigenvalue weighted by atomic mass is 35.5. The van der Waals surface area contributed by atoms with Crippen LogP contribution < -0.4 is 10.1 Å². The third-order valence-electron chi connectivity index (χ3n) is 5.59. The van der Waals surface area contributed by atoms with Gasteiger partial charge in [-0.2, -0.15) is 0 Å². The first-order valence-corrected chi connectivity index (χ1v) is 11.6. The van der Waals surface area contributed by atoms with Crippen LogP contribution in [-0.4, -0.2) is 14.0 Å². The molecule has 7 heteroatoms. The Bertz CT molecular complexity index is 1760. The molecule has 3 aromatic heterocycles. The van der Waals surface area contributed by atoms with E-state index in [9.17, 15) is 4.79 Å². The molecule has 0 amide bonds. The van der Waals surface area contributed by atoms with Crippen molar-refractivity contribution in [3.8, 4) is 0 Å². The predicted molar refractivity (Wildman–Crippen MR) is 133 cm³/mol. The lowest BCUT2D eigenvalue weighted by Crippen LogP contribution is -2.22. The normalized spacial score (nSPS) is 12.5. The molecule has 0 radical (unpaired) electrons. The first-order chi connectivity index (χ1) is 15.6. The SMILES string of the molecule is O=c1c(=Cc2cn(Cc3ccc(Cl)c(Cl)c3)c3ccccc23)sc2nc3ccccc3n12. The molecule has 6 aromatic rings. The van der Waals surface area contributed by atoms with E-state index in [1.807, 2.05) is 60.7 Å². The summed E-state index contributed by atoms with van der Waals surface area (Å²) >= 11 is 13.7. The molecule has 0 aliphatic rings. The monoisotopic (exact) mass is 475 g/mol. The lowest BCUT2D eigenvalue weighted by atomic mass is 10.2. The van der Waals surface area contributed by atoms with E-state index in [1.165, 1.54) is 11.3 Å². The van der Waals surface area contributed by atoms with E-state index in [0.29, 0.717) is 26.1 Å². The highest BCUT2D eigenvalue weighted by Gasteiger charge is 2.12. The largest absolute Gasteiger partial charge is 0.342 e. The van der Waals surface area contributed by atoms with Crippen LogP contribution in [0, 0.1) is 0 Å². The molecule has 4 nitrogen and oxygen atoms in total. The molecule has 0 bridgehead atoms. The van der Waals surface area contributed by atoms with E-state index >= 15 is 0 Å². The number of aromatic nitrogens is 3. The highest BCUT2D eigenvalue weighted by molar-refractivity contribution is 7.15. The van der Waals surface area contributed by atoms with E-state index in [-0.39, 0.29) is 5.56 Å². The number of hydrogen-bond acceptors (Lipinski definition) is 3. The third-order valence-corrected chi connectivity index (χ3v) is 7.30. The molecule has 3 heterocycles. The maximum Gasteiger partial charge on any atom is 0.274 e. The van der Waals surface area contributed by atoms with Gasteiger partial charge in [-0.05, 0) is 42.0 Å². The summed E-state index contributed by atoms with van der Waals surface area (Å²) < 4.78 is 4.52. The summed E-state index contributed by atoms with van der Waals surface area (Å²) in [4.78, 5) is 18.5. The van der Waals surface area contributed by atoms with E-state index in [0.717, 1.165) is 33.1 Å². The fourth-order valence-electron chi connectivity index (χ4n) is 4.11. The van der Waals surface area contributed by atoms with E-state index in [4.69, 9.17) is 23.2 Å². The fraction of sp³-hybridized carbons (Fsp3) is 0.0400. The van der Waals surface area contributed by atoms with Gasteiger partial charge in [0.1, 0.15) is 0 Å². The molecule has 0 aliphatic carbocycles. The minimum Gasteiger partial charge on any atom is -0.342 e. The van der Waals surface area contributed by atoms with Gasteiger partial charge in [-0.25, -0.2) is 9.38 Å². The first kappa shape index (κ1) is 19.6. The van der Waals surface area contributed by atoms with E-state index in [1.54, 1.807) is 4.40 Å². The summed E-state index contributed by atoms with van der Waals surface area (Å²) in [5.74, 6) is 0. The zero-order chi connectivity index (χ0) is 21.8. The Morgan fingerprint density at radius 1 is 0.938 bits per heavy atom. The van der Waals surface area contributed by atoms with Crippen molar-refractivity contribution in [2.75, 3.05) is 0 Å². The van der Waals surface area contributed by atoms with Crippen LogP contribution in [0.3, 0.4) is 0 Å². The number of para-hydroxylation sites is 3. The van der Waals surface area contributed by atoms with Gasteiger partial charge in [-0.15, -0.1) is 0 Å². The van der Waals surface area contributed by atoms with Crippen molar-refractivity contribution in [2.24, 2.45) is 0 Å². The molecule has 0 aliphatic heterocycles. The Balaban J connectivity index is 1.51. The summed E-state index contributed by atoms with van der Waals surface area (Å²) in [6, 6.07) is 21.6. The second kappa shape index (κ2) is 7.48. The Hall–Kier alpha value is -3.12. The van der Waals surface area contributed by atoms with Crippen LogP contribution in [0.25, 0.3) is 33.0 Å². The molecule has 0 atom stereocenters. The highest BCUT2D eigenvalue weighted by Crippen LogP contribution is 2.26. The van der Waals surface area contributed by atoms with Crippen molar-refractivity contribution in [3.63, 3.8) is 0 Å². The van der Waals surface area contributed by atoms with E-state index < -0.39 is 0 Å². The number of thiazole rings is 1. The summed E-state index contributed by atoms with van der Waals surface area (Å²) in [5, 5.41) is 2.17. The predicted octanol–water partition coefficient (Wildman–Crippen LogP) is 5.77. The van der Waals surface area contributed by atoms with Gasteiger partial charge in [0, 0.05) is 29.2 Å². The van der Waals surface area contributed by atoms with Crippen LogP contribution >= 0.6 is 34.5 Å². The lowest BCUT2D eigenvalue weighted by Gasteiger charge is -2.06. The molecule has 32 heavy (non-hydrogen) atoms. The molecule has 0 saturated heterocycles. The Morgan fingerprint density at radius 3 is 2.56 bits per heavy atom. The zero-order valence-corrected chi connectivity index (χ0v) is 19.0. The second-order valence-corrected chi connectivity index (χ2v) is 9.44. The number of benzene rings is 3. The minimum atomic E-state index is -0.0417. The molecular weight excluding hydrogens is 461 g/mol. The molecule has 0 N–H and O–H groups in total. The van der Waals surface area contributed by atoms with Gasteiger partial charge in [0.15, 0.2) is 4.96 Å². The molecule has 3 aromatic carbocycles. The second-order valence-electron chi connectivity index (χ2n) is 7.61. The van der Waals surface area contributed by atoms with Crippen molar-refractivity contribution >= 4 is 67.5 Å². The van der Waals surface area contributed by atoms with Crippen LogP contribution in [0.1, 0.15) is 11.1 Å². The van der Waals surface area contributed by atoms with Gasteiger partial charge in [-0.3, -0.25) is 4.79 Å². The maximum atomic E-state index is 13.2. The number of hydrogen-bond donors (Lipinski definition) is 0. The zero-order valence-electron chi connectivity index (χ0n) is 16.6. The maximum absolute atomic E-state index is 13.2. The third kappa shape index (κ3) is 3.13. The Morgan fingerprint density at radius 2 is 1.72 bits per heavy atom. The number of fused-ring (bicyclic) bond motifs is 4. The van der Waals surface area contributed by atoms with Crippen LogP contribution in [0.4, 0.5) is 0 Å². The van der Waals surface area contributed by atoms with Crippen molar-refractivity contribution in [3.05, 3.63) is 109 Å². The minimum absolute atomic E-state index is 0.0417. The average molecular weight is 476 g/mol. The number of imidazole rings is 1. The Labute approximate surface area is 196 Å². The topological polar surface area (TPSA) is 39.3 Å². The lowest BCUT2D eigenvalue weighted by molar-refractivity contribution is 0.836. The van der Waals surface area contributed by atoms with Crippen LogP contribution in [0.15, 0.2) is 77.7 Å². The van der Waals surface area contributed by atoms with Crippen molar-refractivity contribution in [1.82, 2.24) is 14.0 Å². The van der Waals surface area contributed by atoms with Gasteiger partial charge < -0.3 is 4.57 Å². The van der Waals surface area contributed by atoms with Crippen LogP contribution in [0.2, 0.25) is 10.0 Å². The van der Waals surface area contributed by atoms with Crippen molar-refractivity contribution in [2.45, 2.75) is 6.54 Å². The van der Waals surface area contributed by atoms with Gasteiger partial charge in [0.05, 0.1) is 25.6 Å². The molecule has 0 saturated carbocycles. The molecule has 0 fully saturated rings. The van der Waals surface area contributed by atoms with E-state index in [2.05, 4.69) is 27.9 Å². The van der Waals surface area contributed by atoms with Crippen molar-refractivity contribution in [1.29, 1.82) is 0 Å². The van der Waals surface area contributed by atoms with Crippen LogP contribution in [-0.2, 0) is 6.54 Å². The van der Waals surface area contributed by atoms with Gasteiger partial charge in [0.2, 0.25) is 0 Å². The molecule has 0 unspecified atom stereocenters. The first-order valence-electron chi connectivity index (χ1n) is 10.0. The summed E-state index contributed by atoms with van der Waals surface area (Å²) in [6.07, 6.45) is 4.04. The van der Waals surface area contributed by atoms with Gasteiger partial charge in [-0.1, -0.05) is 70.9 Å². The molecular formula is C25H15Cl2N3OS. The van der Waals surface area contributed by atoms with Crippen molar-refractivity contribution < 1.29 is 0 Å². The quantitative estimate of drug-likeness (QED) is 0.326. The smallest absolute Gasteiger partial charge is 0.274 e. The fourth-order valence-corrected chi connectivity index (χ4v) is 5.41. The Kier molecular flexibility index (Phi) is 4.57. The molecule has 0 spiro atoms. The standard InChI is InChI=1S/C25H15Cl2N3OS/c26-18-10-9-15(11-19(18)27)13-29-14-16(17-5-1-3-7-21(17)29)12-23-24(31)30-22-8-4-2-6-20(22)28-25(30)32-23/h1-12,14H,13H2. The molecule has 156 valence electrons. The number of nitrogens with zero attached hydrogens (tertiary/aromatic N) is 3. The average Bonchev–Trinajstić information content (AvgIpc) is 3.43. The molecule has 6 rings (SSSR count). The van der Waals surface area contributed by atoms with Gasteiger partial charge >= 0.3 is 0 Å². The number of rotatable bonds is 3. The summed E-state index contributed by atoms with van der Waals surface area (Å²) in [7, 11) is 0. The summed E-state index contributed by atoms with van der Waals surface area (Å²) in [6.45, 7) is 0.647. The van der Waals surface area contributed by atoms with Crippen LogP contribution in [0.5, 0.6) is 0 Å². The number of halogens is 2. The van der Waals surface area contributed by atoms with Gasteiger partial charge in [0.25, 0.3) is 5.56 Å². The summed E-state index contributed by atoms with van der Waals surface area (Å²) in [5.41, 5.74) is 4.76.